The van der Waals surface area contributed by atoms with Crippen molar-refractivity contribution in [3.05, 3.63) is 36.3 Å². The van der Waals surface area contributed by atoms with E-state index in [4.69, 9.17) is 10.5 Å². The molecule has 1 heterocycles. The van der Waals surface area contributed by atoms with Crippen LogP contribution in [0.25, 0.3) is 11.3 Å². The first-order valence-corrected chi connectivity index (χ1v) is 5.30. The SMILES string of the molecule is CCOc1ccc(-c2cnc(CN)[nH]2)cc1. The number of rotatable bonds is 4. The third-order valence-corrected chi connectivity index (χ3v) is 2.30. The molecule has 0 atom stereocenters. The van der Waals surface area contributed by atoms with Crippen LogP contribution in [0.1, 0.15) is 12.7 Å². The van der Waals surface area contributed by atoms with Gasteiger partial charge in [-0.3, -0.25) is 0 Å². The molecule has 1 aromatic carbocycles. The third kappa shape index (κ3) is 2.23. The molecule has 0 spiro atoms. The Morgan fingerprint density at radius 2 is 2.06 bits per heavy atom. The Hall–Kier alpha value is -1.81. The van der Waals surface area contributed by atoms with Gasteiger partial charge in [-0.1, -0.05) is 0 Å². The van der Waals surface area contributed by atoms with E-state index in [2.05, 4.69) is 9.97 Å². The molecule has 84 valence electrons. The number of aromatic nitrogens is 2. The zero-order valence-corrected chi connectivity index (χ0v) is 9.23. The van der Waals surface area contributed by atoms with E-state index in [1.807, 2.05) is 31.2 Å². The molecule has 0 bridgehead atoms. The lowest BCUT2D eigenvalue weighted by molar-refractivity contribution is 0.340. The molecule has 2 aromatic rings. The maximum atomic E-state index is 5.49. The van der Waals surface area contributed by atoms with Crippen LogP contribution in [-0.4, -0.2) is 16.6 Å². The molecule has 16 heavy (non-hydrogen) atoms. The van der Waals surface area contributed by atoms with E-state index < -0.39 is 0 Å². The Kier molecular flexibility index (Phi) is 3.22. The highest BCUT2D eigenvalue weighted by Crippen LogP contribution is 2.20. The monoisotopic (exact) mass is 217 g/mol. The van der Waals surface area contributed by atoms with Crippen molar-refractivity contribution in [3.8, 4) is 17.0 Å². The molecule has 0 aliphatic heterocycles. The highest BCUT2D eigenvalue weighted by molar-refractivity contribution is 5.59. The van der Waals surface area contributed by atoms with Gasteiger partial charge in [-0.05, 0) is 36.8 Å². The van der Waals surface area contributed by atoms with Crippen molar-refractivity contribution in [2.75, 3.05) is 6.61 Å². The first-order chi connectivity index (χ1) is 7.83. The number of hydrogen-bond acceptors (Lipinski definition) is 3. The quantitative estimate of drug-likeness (QED) is 0.822. The minimum absolute atomic E-state index is 0.428. The van der Waals surface area contributed by atoms with Gasteiger partial charge >= 0.3 is 0 Å². The predicted molar refractivity (Wildman–Crippen MR) is 63.1 cm³/mol. The number of nitrogens with zero attached hydrogens (tertiary/aromatic N) is 1. The van der Waals surface area contributed by atoms with E-state index in [0.717, 1.165) is 22.8 Å². The second-order valence-electron chi connectivity index (χ2n) is 3.41. The number of ether oxygens (including phenoxy) is 1. The van der Waals surface area contributed by atoms with E-state index >= 15 is 0 Å². The average molecular weight is 217 g/mol. The molecule has 0 fully saturated rings. The van der Waals surface area contributed by atoms with Crippen molar-refractivity contribution >= 4 is 0 Å². The zero-order chi connectivity index (χ0) is 11.4. The fourth-order valence-electron chi connectivity index (χ4n) is 1.51. The summed E-state index contributed by atoms with van der Waals surface area (Å²) >= 11 is 0. The van der Waals surface area contributed by atoms with Crippen molar-refractivity contribution in [1.29, 1.82) is 0 Å². The van der Waals surface area contributed by atoms with E-state index in [9.17, 15) is 0 Å². The molecule has 0 saturated heterocycles. The van der Waals surface area contributed by atoms with Crippen LogP contribution in [0.4, 0.5) is 0 Å². The minimum Gasteiger partial charge on any atom is -0.494 e. The number of benzene rings is 1. The summed E-state index contributed by atoms with van der Waals surface area (Å²) in [5.41, 5.74) is 7.55. The topological polar surface area (TPSA) is 63.9 Å². The van der Waals surface area contributed by atoms with Crippen LogP contribution in [0.5, 0.6) is 5.75 Å². The molecule has 0 saturated carbocycles. The van der Waals surface area contributed by atoms with Crippen molar-refractivity contribution in [2.24, 2.45) is 5.73 Å². The molecular weight excluding hydrogens is 202 g/mol. The second-order valence-corrected chi connectivity index (χ2v) is 3.41. The molecule has 1 aromatic heterocycles. The minimum atomic E-state index is 0.428. The third-order valence-electron chi connectivity index (χ3n) is 2.30. The number of nitrogens with one attached hydrogen (secondary N) is 1. The summed E-state index contributed by atoms with van der Waals surface area (Å²) in [5.74, 6) is 1.67. The van der Waals surface area contributed by atoms with Crippen molar-refractivity contribution in [2.45, 2.75) is 13.5 Å². The largest absolute Gasteiger partial charge is 0.494 e. The van der Waals surface area contributed by atoms with E-state index in [-0.39, 0.29) is 0 Å². The predicted octanol–water partition coefficient (Wildman–Crippen LogP) is 1.93. The lowest BCUT2D eigenvalue weighted by atomic mass is 10.2. The Balaban J connectivity index is 2.20. The van der Waals surface area contributed by atoms with Gasteiger partial charge in [-0.15, -0.1) is 0 Å². The summed E-state index contributed by atoms with van der Waals surface area (Å²) in [6.45, 7) is 3.08. The lowest BCUT2D eigenvalue weighted by Crippen LogP contribution is -1.97. The highest BCUT2D eigenvalue weighted by atomic mass is 16.5. The molecule has 0 aliphatic rings. The molecule has 4 heteroatoms. The molecule has 3 N–H and O–H groups in total. The van der Waals surface area contributed by atoms with Gasteiger partial charge in [-0.25, -0.2) is 4.98 Å². The van der Waals surface area contributed by atoms with Gasteiger partial charge in [0.15, 0.2) is 0 Å². The smallest absolute Gasteiger partial charge is 0.120 e. The zero-order valence-electron chi connectivity index (χ0n) is 9.23. The maximum absolute atomic E-state index is 5.49. The van der Waals surface area contributed by atoms with Gasteiger partial charge < -0.3 is 15.5 Å². The fraction of sp³-hybridized carbons (Fsp3) is 0.250. The Morgan fingerprint density at radius 1 is 1.31 bits per heavy atom. The maximum Gasteiger partial charge on any atom is 0.120 e. The van der Waals surface area contributed by atoms with Gasteiger partial charge in [0.2, 0.25) is 0 Å². The molecule has 0 radical (unpaired) electrons. The van der Waals surface area contributed by atoms with Gasteiger partial charge in [0.1, 0.15) is 11.6 Å². The van der Waals surface area contributed by atoms with Gasteiger partial charge in [0.25, 0.3) is 0 Å². The summed E-state index contributed by atoms with van der Waals surface area (Å²) in [5, 5.41) is 0. The Labute approximate surface area is 94.5 Å². The van der Waals surface area contributed by atoms with Crippen LogP contribution < -0.4 is 10.5 Å². The van der Waals surface area contributed by atoms with Crippen molar-refractivity contribution < 1.29 is 4.74 Å². The highest BCUT2D eigenvalue weighted by Gasteiger charge is 2.02. The molecule has 0 aliphatic carbocycles. The number of hydrogen-bond donors (Lipinski definition) is 2. The summed E-state index contributed by atoms with van der Waals surface area (Å²) in [4.78, 5) is 7.31. The average Bonchev–Trinajstić information content (AvgIpc) is 2.79. The second kappa shape index (κ2) is 4.81. The standard InChI is InChI=1S/C12H15N3O/c1-2-16-10-5-3-9(4-6-10)11-8-14-12(7-13)15-11/h3-6,8H,2,7,13H2,1H3,(H,14,15). The molecule has 0 unspecified atom stereocenters. The lowest BCUT2D eigenvalue weighted by Gasteiger charge is -2.03. The molecule has 0 amide bonds. The van der Waals surface area contributed by atoms with Crippen LogP contribution in [0.3, 0.4) is 0 Å². The number of aromatic amines is 1. The first kappa shape index (κ1) is 10.7. The first-order valence-electron chi connectivity index (χ1n) is 5.30. The van der Waals surface area contributed by atoms with E-state index in [1.54, 1.807) is 6.20 Å². The summed E-state index contributed by atoms with van der Waals surface area (Å²) < 4.78 is 5.38. The van der Waals surface area contributed by atoms with Crippen LogP contribution >= 0.6 is 0 Å². The number of H-pyrrole nitrogens is 1. The van der Waals surface area contributed by atoms with Gasteiger partial charge in [-0.2, -0.15) is 0 Å². The Bertz CT molecular complexity index is 448. The summed E-state index contributed by atoms with van der Waals surface area (Å²) in [6.07, 6.45) is 1.79. The van der Waals surface area contributed by atoms with Crippen molar-refractivity contribution in [3.63, 3.8) is 0 Å². The van der Waals surface area contributed by atoms with E-state index in [1.165, 1.54) is 0 Å². The van der Waals surface area contributed by atoms with Crippen LogP contribution in [0.15, 0.2) is 30.5 Å². The van der Waals surface area contributed by atoms with Crippen LogP contribution in [0.2, 0.25) is 0 Å². The number of imidazole rings is 1. The molecular formula is C12H15N3O. The van der Waals surface area contributed by atoms with Gasteiger partial charge in [0, 0.05) is 0 Å². The van der Waals surface area contributed by atoms with Gasteiger partial charge in [0.05, 0.1) is 25.0 Å². The fourth-order valence-corrected chi connectivity index (χ4v) is 1.51. The summed E-state index contributed by atoms with van der Waals surface area (Å²) in [6, 6.07) is 7.89. The molecule has 4 nitrogen and oxygen atoms in total. The number of nitrogens with two attached hydrogens (primary N) is 1. The van der Waals surface area contributed by atoms with Crippen LogP contribution in [-0.2, 0) is 6.54 Å². The summed E-state index contributed by atoms with van der Waals surface area (Å²) in [7, 11) is 0. The van der Waals surface area contributed by atoms with Crippen molar-refractivity contribution in [1.82, 2.24) is 9.97 Å². The molecule has 2 rings (SSSR count). The van der Waals surface area contributed by atoms with E-state index in [0.29, 0.717) is 13.2 Å². The Morgan fingerprint density at radius 3 is 2.62 bits per heavy atom. The van der Waals surface area contributed by atoms with Crippen LogP contribution in [0, 0.1) is 0 Å². The normalized spacial score (nSPS) is 10.4.